The number of hydrogen-bond donors (Lipinski definition) is 0. The first-order valence-corrected chi connectivity index (χ1v) is 0. The maximum atomic E-state index is 0. The van der Waals surface area contributed by atoms with E-state index in [4.69, 9.17) is 0 Å². The fourth-order valence-corrected chi connectivity index (χ4v) is 0. The molecule has 29 valence electrons. The Bertz CT molecular complexity index is 8.00. The summed E-state index contributed by atoms with van der Waals surface area (Å²) in [4.78, 5) is 0. The summed E-state index contributed by atoms with van der Waals surface area (Å²) in [6.45, 7) is 0. The van der Waals surface area contributed by atoms with Crippen LogP contribution in [0.25, 0.3) is 0 Å². The van der Waals surface area contributed by atoms with Gasteiger partial charge in [-0.15, -0.1) is 0 Å². The standard InChI is InChI=1S/Bi.Cu.Mn.O. The van der Waals surface area contributed by atoms with Crippen molar-refractivity contribution in [2.45, 2.75) is 0 Å². The van der Waals surface area contributed by atoms with Gasteiger partial charge in [0.2, 0.25) is 0 Å². The Morgan fingerprint density at radius 1 is 1.00 bits per heavy atom. The molecule has 0 heterocycles. The summed E-state index contributed by atoms with van der Waals surface area (Å²) in [5.41, 5.74) is 0. The van der Waals surface area contributed by atoms with Crippen LogP contribution in [-0.4, -0.2) is 26.2 Å². The maximum absolute atomic E-state index is 0. The van der Waals surface area contributed by atoms with E-state index in [1.807, 2.05) is 0 Å². The van der Waals surface area contributed by atoms with Crippen LogP contribution in [0.4, 0.5) is 0 Å². The topological polar surface area (TPSA) is 28.5 Å². The Kier molecular flexibility index (Phi) is 206. The van der Waals surface area contributed by atoms with E-state index in [-0.39, 0.29) is 65.8 Å². The molecule has 4 heavy (non-hydrogen) atoms. The molecule has 0 aliphatic carbocycles. The van der Waals surface area contributed by atoms with E-state index in [1.165, 1.54) is 0 Å². The van der Waals surface area contributed by atoms with Gasteiger partial charge in [0, 0.05) is 65.8 Å². The molecule has 0 aromatic rings. The van der Waals surface area contributed by atoms with E-state index < -0.39 is 0 Å². The van der Waals surface area contributed by atoms with Gasteiger partial charge in [0.1, 0.15) is 0 Å². The molecular formula is BiCuMnO. The second kappa shape index (κ2) is 20.8. The van der Waals surface area contributed by atoms with Gasteiger partial charge >= 0.3 is 0 Å². The van der Waals surface area contributed by atoms with Crippen molar-refractivity contribution in [1.82, 2.24) is 0 Å². The number of rotatable bonds is 0. The van der Waals surface area contributed by atoms with Crippen molar-refractivity contribution in [2.24, 2.45) is 0 Å². The zero-order chi connectivity index (χ0) is 0. The molecule has 0 bridgehead atoms. The van der Waals surface area contributed by atoms with Crippen LogP contribution >= 0.6 is 0 Å². The average Bonchev–Trinajstić information content (AvgIpc) is 0. The predicted molar refractivity (Wildman–Crippen MR) is 6.44 cm³/mol. The van der Waals surface area contributed by atoms with Gasteiger partial charge in [0.15, 0.2) is 0 Å². The molecule has 7 radical (unpaired) electrons. The smallest absolute Gasteiger partial charge is 0 e. The molecule has 0 atom stereocenters. The Balaban J connectivity index is 0. The summed E-state index contributed by atoms with van der Waals surface area (Å²) in [6, 6.07) is 0. The summed E-state index contributed by atoms with van der Waals surface area (Å²) in [6.07, 6.45) is 0. The minimum Gasteiger partial charge on any atom is 0 e. The summed E-state index contributed by atoms with van der Waals surface area (Å²) in [5.74, 6) is 0. The molecule has 0 aliphatic rings. The minimum absolute atomic E-state index is 0. The van der Waals surface area contributed by atoms with Gasteiger partial charge in [-0.1, -0.05) is 0 Å². The van der Waals surface area contributed by atoms with E-state index in [0.29, 0.717) is 0 Å². The molecule has 0 amide bonds. The number of hydrogen-bond acceptors (Lipinski definition) is 0. The first-order valence-electron chi connectivity index (χ1n) is 0. The molecule has 0 aromatic carbocycles. The van der Waals surface area contributed by atoms with Gasteiger partial charge in [-0.05, 0) is 0 Å². The first-order chi connectivity index (χ1) is 0. The van der Waals surface area contributed by atoms with Crippen LogP contribution in [-0.2, 0) is 39.6 Å². The Hall–Kier alpha value is 1.88. The van der Waals surface area contributed by atoms with Crippen LogP contribution in [0.1, 0.15) is 0 Å². The van der Waals surface area contributed by atoms with Crippen molar-refractivity contribution in [2.75, 3.05) is 0 Å². The SMILES string of the molecule is [Bi].[Cu].[Mn].[O]. The van der Waals surface area contributed by atoms with Crippen LogP contribution in [0.3, 0.4) is 0 Å². The summed E-state index contributed by atoms with van der Waals surface area (Å²) < 4.78 is 0. The Morgan fingerprint density at radius 3 is 1.00 bits per heavy atom. The molecule has 1 nitrogen and oxygen atoms in total. The van der Waals surface area contributed by atoms with Crippen LogP contribution in [0.15, 0.2) is 0 Å². The molecular weight excluding hydrogens is 343 g/mol. The van der Waals surface area contributed by atoms with Crippen molar-refractivity contribution in [1.29, 1.82) is 0 Å². The fraction of sp³-hybridized carbons (Fsp3) is 0. The fourth-order valence-electron chi connectivity index (χ4n) is 0. The van der Waals surface area contributed by atoms with Crippen molar-refractivity contribution in [3.63, 3.8) is 0 Å². The third-order valence-corrected chi connectivity index (χ3v) is 0. The zero-order valence-electron chi connectivity index (χ0n) is 1.53. The van der Waals surface area contributed by atoms with Gasteiger partial charge in [0.05, 0.1) is 0 Å². The largest absolute Gasteiger partial charge is 0 e. The molecule has 0 unspecified atom stereocenters. The van der Waals surface area contributed by atoms with Crippen LogP contribution in [0, 0.1) is 0 Å². The first kappa shape index (κ1) is 39.6. The minimum atomic E-state index is 0. The molecule has 0 aliphatic heterocycles. The van der Waals surface area contributed by atoms with Gasteiger partial charge in [0.25, 0.3) is 0 Å². The van der Waals surface area contributed by atoms with Gasteiger partial charge in [-0.25, -0.2) is 0 Å². The normalized spacial score (nSPS) is 0. The summed E-state index contributed by atoms with van der Waals surface area (Å²) in [7, 11) is 0. The predicted octanol–water partition coefficient (Wildman–Crippen LogP) is -0.505. The summed E-state index contributed by atoms with van der Waals surface area (Å²) >= 11 is 0. The van der Waals surface area contributed by atoms with E-state index in [0.717, 1.165) is 0 Å². The Morgan fingerprint density at radius 2 is 1.00 bits per heavy atom. The van der Waals surface area contributed by atoms with E-state index >= 15 is 0 Å². The Labute approximate surface area is 65.3 Å². The molecule has 0 saturated carbocycles. The zero-order valence-corrected chi connectivity index (χ0v) is 7.13. The molecule has 0 fully saturated rings. The van der Waals surface area contributed by atoms with Crippen molar-refractivity contribution >= 4 is 26.2 Å². The van der Waals surface area contributed by atoms with Crippen molar-refractivity contribution in [3.8, 4) is 0 Å². The van der Waals surface area contributed by atoms with E-state index in [9.17, 15) is 0 Å². The van der Waals surface area contributed by atoms with Crippen LogP contribution in [0.5, 0.6) is 0 Å². The van der Waals surface area contributed by atoms with E-state index in [2.05, 4.69) is 0 Å². The van der Waals surface area contributed by atoms with Crippen molar-refractivity contribution < 1.29 is 39.6 Å². The van der Waals surface area contributed by atoms with Crippen LogP contribution in [0.2, 0.25) is 0 Å². The molecule has 4 heteroatoms. The molecule has 0 saturated heterocycles. The monoisotopic (exact) mass is 343 g/mol. The third-order valence-electron chi connectivity index (χ3n) is 0. The van der Waals surface area contributed by atoms with Crippen molar-refractivity contribution in [3.05, 3.63) is 0 Å². The molecule has 0 aromatic heterocycles. The average molecular weight is 343 g/mol. The van der Waals surface area contributed by atoms with Gasteiger partial charge < -0.3 is 0 Å². The quantitative estimate of drug-likeness (QED) is 0.531. The molecule has 0 rings (SSSR count). The molecule has 0 N–H and O–H groups in total. The second-order valence-electron chi connectivity index (χ2n) is 0. The second-order valence-corrected chi connectivity index (χ2v) is 0. The van der Waals surface area contributed by atoms with Gasteiger partial charge in [-0.2, -0.15) is 0 Å². The van der Waals surface area contributed by atoms with Crippen LogP contribution < -0.4 is 0 Å². The maximum Gasteiger partial charge on any atom is 0 e. The van der Waals surface area contributed by atoms with E-state index in [1.54, 1.807) is 0 Å². The van der Waals surface area contributed by atoms with Gasteiger partial charge in [-0.3, -0.25) is 0 Å². The molecule has 0 spiro atoms. The summed E-state index contributed by atoms with van der Waals surface area (Å²) in [5, 5.41) is 0. The third kappa shape index (κ3) is 9.10.